The maximum Gasteiger partial charge on any atom is 0.347 e. The summed E-state index contributed by atoms with van der Waals surface area (Å²) >= 11 is 0. The largest absolute Gasteiger partial charge is 0.478 e. The summed E-state index contributed by atoms with van der Waals surface area (Å²) in [6.45, 7) is 8.95. The Hall–Kier alpha value is -3.02. The van der Waals surface area contributed by atoms with Crippen molar-refractivity contribution < 1.29 is 19.4 Å². The lowest BCUT2D eigenvalue weighted by Gasteiger charge is -2.25. The topological polar surface area (TPSA) is 78.9 Å². The van der Waals surface area contributed by atoms with Crippen LogP contribution in [0.3, 0.4) is 0 Å². The zero-order valence-corrected chi connectivity index (χ0v) is 21.8. The third-order valence-corrected chi connectivity index (χ3v) is 6.47. The number of nitrogens with one attached hydrogen (secondary N) is 1. The van der Waals surface area contributed by atoms with Gasteiger partial charge in [-0.05, 0) is 68.0 Å². The smallest absolute Gasteiger partial charge is 0.347 e. The number of unbranched alkanes of at least 4 members (excludes halogenated alkanes) is 4. The van der Waals surface area contributed by atoms with E-state index >= 15 is 0 Å². The number of hydrogen-bond donors (Lipinski definition) is 2. The molecule has 0 radical (unpaired) electrons. The van der Waals surface area contributed by atoms with Gasteiger partial charge in [0.05, 0.1) is 0 Å². The van der Waals surface area contributed by atoms with E-state index in [0.717, 1.165) is 30.5 Å². The van der Waals surface area contributed by atoms with Crippen molar-refractivity contribution in [3.05, 3.63) is 59.7 Å². The zero-order chi connectivity index (χ0) is 25.7. The maximum absolute atomic E-state index is 13.1. The number of carbonyl (C=O) groups excluding carboxylic acids is 1. The first kappa shape index (κ1) is 28.2. The van der Waals surface area contributed by atoms with E-state index < -0.39 is 11.6 Å². The zero-order valence-electron chi connectivity index (χ0n) is 21.8. The lowest BCUT2D eigenvalue weighted by molar-refractivity contribution is -0.154. The lowest BCUT2D eigenvalue weighted by atomic mass is 10.0. The van der Waals surface area contributed by atoms with Gasteiger partial charge in [0, 0.05) is 18.8 Å². The minimum absolute atomic E-state index is 0.0958. The van der Waals surface area contributed by atoms with Gasteiger partial charge in [-0.1, -0.05) is 70.7 Å². The SMILES string of the molecule is CCCCCCCN(CCc1cccc(O[C@@](C)(CC)C(=O)O)c1)C(=O)Nc1ccc(CC)cc1. The number of aryl methyl sites for hydroxylation is 1. The molecule has 0 fully saturated rings. The van der Waals surface area contributed by atoms with Crippen molar-refractivity contribution in [2.24, 2.45) is 0 Å². The summed E-state index contributed by atoms with van der Waals surface area (Å²) in [7, 11) is 0. The Bertz CT molecular complexity index is 929. The van der Waals surface area contributed by atoms with Gasteiger partial charge in [0.15, 0.2) is 0 Å². The Morgan fingerprint density at radius 1 is 0.943 bits per heavy atom. The summed E-state index contributed by atoms with van der Waals surface area (Å²) in [5, 5.41) is 12.6. The molecule has 0 aliphatic carbocycles. The highest BCUT2D eigenvalue weighted by molar-refractivity contribution is 5.89. The van der Waals surface area contributed by atoms with E-state index in [-0.39, 0.29) is 6.03 Å². The Balaban J connectivity index is 2.05. The highest BCUT2D eigenvalue weighted by Crippen LogP contribution is 2.23. The van der Waals surface area contributed by atoms with Crippen LogP contribution in [0.25, 0.3) is 0 Å². The molecule has 0 spiro atoms. The molecule has 2 N–H and O–H groups in total. The molecule has 1 atom stereocenters. The molecule has 0 aliphatic heterocycles. The third-order valence-electron chi connectivity index (χ3n) is 6.47. The Labute approximate surface area is 210 Å². The quantitative estimate of drug-likeness (QED) is 0.270. The summed E-state index contributed by atoms with van der Waals surface area (Å²) in [6.07, 6.45) is 7.65. The normalized spacial score (nSPS) is 12.6. The fraction of sp³-hybridized carbons (Fsp3) is 0.517. The molecule has 0 heterocycles. The fourth-order valence-corrected chi connectivity index (χ4v) is 3.80. The molecule has 0 aliphatic rings. The van der Waals surface area contributed by atoms with Crippen molar-refractivity contribution in [1.29, 1.82) is 0 Å². The van der Waals surface area contributed by atoms with Crippen molar-refractivity contribution >= 4 is 17.7 Å². The van der Waals surface area contributed by atoms with E-state index in [1.165, 1.54) is 24.8 Å². The average molecular weight is 483 g/mol. The number of nitrogens with zero attached hydrogens (tertiary/aromatic N) is 1. The van der Waals surface area contributed by atoms with Crippen LogP contribution in [0.15, 0.2) is 48.5 Å². The van der Waals surface area contributed by atoms with Crippen LogP contribution >= 0.6 is 0 Å². The van der Waals surface area contributed by atoms with Gasteiger partial charge in [-0.25, -0.2) is 9.59 Å². The predicted molar refractivity (Wildman–Crippen MR) is 142 cm³/mol. The second kappa shape index (κ2) is 14.4. The van der Waals surface area contributed by atoms with Gasteiger partial charge in [-0.3, -0.25) is 0 Å². The molecule has 6 heteroatoms. The lowest BCUT2D eigenvalue weighted by Crippen LogP contribution is -2.40. The summed E-state index contributed by atoms with van der Waals surface area (Å²) in [4.78, 5) is 26.6. The highest BCUT2D eigenvalue weighted by atomic mass is 16.5. The Morgan fingerprint density at radius 3 is 2.29 bits per heavy atom. The number of urea groups is 1. The molecule has 35 heavy (non-hydrogen) atoms. The standard InChI is InChI=1S/C29H42N2O4/c1-5-8-9-10-11-20-31(28(34)30-25-17-15-23(6-2)16-18-25)21-19-24-13-12-14-26(22-24)35-29(4,7-3)27(32)33/h12-18,22H,5-11,19-21H2,1-4H3,(H,30,34)(H,32,33)/t29-/m0/s1. The Kier molecular flexibility index (Phi) is 11.6. The molecule has 2 rings (SSSR count). The van der Waals surface area contributed by atoms with Gasteiger partial charge in [0.1, 0.15) is 5.75 Å². The first-order chi connectivity index (χ1) is 16.8. The number of carboxylic acids is 1. The number of rotatable bonds is 15. The minimum Gasteiger partial charge on any atom is -0.478 e. The summed E-state index contributed by atoms with van der Waals surface area (Å²) in [5.74, 6) is -0.455. The van der Waals surface area contributed by atoms with Gasteiger partial charge in [0.25, 0.3) is 0 Å². The van der Waals surface area contributed by atoms with Crippen molar-refractivity contribution in [2.75, 3.05) is 18.4 Å². The molecule has 0 bridgehead atoms. The number of carboxylic acid groups (broad SMARTS) is 1. The van der Waals surface area contributed by atoms with Crippen molar-refractivity contribution in [2.45, 2.75) is 84.7 Å². The third kappa shape index (κ3) is 9.27. The number of benzene rings is 2. The first-order valence-electron chi connectivity index (χ1n) is 13.0. The van der Waals surface area contributed by atoms with Gasteiger partial charge in [-0.15, -0.1) is 0 Å². The van der Waals surface area contributed by atoms with Crippen LogP contribution in [0.1, 0.15) is 77.3 Å². The van der Waals surface area contributed by atoms with Gasteiger partial charge in [0.2, 0.25) is 5.60 Å². The van der Waals surface area contributed by atoms with Crippen LogP contribution in [0.4, 0.5) is 10.5 Å². The van der Waals surface area contributed by atoms with E-state index in [4.69, 9.17) is 4.74 Å². The number of amides is 2. The molecule has 0 saturated carbocycles. The van der Waals surface area contributed by atoms with Crippen molar-refractivity contribution in [1.82, 2.24) is 4.90 Å². The number of hydrogen-bond acceptors (Lipinski definition) is 3. The van der Waals surface area contributed by atoms with Crippen molar-refractivity contribution in [3.8, 4) is 5.75 Å². The second-order valence-corrected chi connectivity index (χ2v) is 9.27. The van der Waals surface area contributed by atoms with Gasteiger partial charge < -0.3 is 20.1 Å². The maximum atomic E-state index is 13.1. The molecule has 0 saturated heterocycles. The molecular weight excluding hydrogens is 440 g/mol. The van der Waals surface area contributed by atoms with Crippen LogP contribution in [-0.2, 0) is 17.6 Å². The van der Waals surface area contributed by atoms with E-state index in [2.05, 4.69) is 19.2 Å². The number of ether oxygens (including phenoxy) is 1. The molecule has 192 valence electrons. The number of aliphatic carboxylic acids is 1. The van der Waals surface area contributed by atoms with E-state index in [9.17, 15) is 14.7 Å². The molecule has 2 aromatic rings. The van der Waals surface area contributed by atoms with E-state index in [1.54, 1.807) is 19.9 Å². The summed E-state index contributed by atoms with van der Waals surface area (Å²) in [6, 6.07) is 15.4. The van der Waals surface area contributed by atoms with Crippen LogP contribution in [-0.4, -0.2) is 40.7 Å². The van der Waals surface area contributed by atoms with E-state index in [1.807, 2.05) is 47.4 Å². The molecule has 2 aromatic carbocycles. The van der Waals surface area contributed by atoms with Crippen LogP contribution in [0.2, 0.25) is 0 Å². The minimum atomic E-state index is -1.27. The molecule has 0 aromatic heterocycles. The molecular formula is C29H42N2O4. The second-order valence-electron chi connectivity index (χ2n) is 9.27. The van der Waals surface area contributed by atoms with Gasteiger partial charge >= 0.3 is 12.0 Å². The van der Waals surface area contributed by atoms with E-state index in [0.29, 0.717) is 31.7 Å². The van der Waals surface area contributed by atoms with Crippen LogP contribution < -0.4 is 10.1 Å². The summed E-state index contributed by atoms with van der Waals surface area (Å²) < 4.78 is 5.82. The first-order valence-corrected chi connectivity index (χ1v) is 13.0. The molecule has 0 unspecified atom stereocenters. The van der Waals surface area contributed by atoms with Gasteiger partial charge in [-0.2, -0.15) is 0 Å². The molecule has 2 amide bonds. The molecule has 6 nitrogen and oxygen atoms in total. The van der Waals surface area contributed by atoms with Crippen molar-refractivity contribution in [3.63, 3.8) is 0 Å². The van der Waals surface area contributed by atoms with Crippen LogP contribution in [0.5, 0.6) is 5.75 Å². The number of anilines is 1. The Morgan fingerprint density at radius 2 is 1.66 bits per heavy atom. The monoisotopic (exact) mass is 482 g/mol. The fourth-order valence-electron chi connectivity index (χ4n) is 3.80. The van der Waals surface area contributed by atoms with Crippen LogP contribution in [0, 0.1) is 0 Å². The summed E-state index contributed by atoms with van der Waals surface area (Å²) in [5.41, 5.74) is 1.77. The predicted octanol–water partition coefficient (Wildman–Crippen LogP) is 6.93. The number of carbonyl (C=O) groups is 2. The average Bonchev–Trinajstić information content (AvgIpc) is 2.86. The highest BCUT2D eigenvalue weighted by Gasteiger charge is 2.33.